The van der Waals surface area contributed by atoms with Crippen LogP contribution in [0.3, 0.4) is 0 Å². The first kappa shape index (κ1) is 23.6. The first-order valence-corrected chi connectivity index (χ1v) is 13.4. The number of fused-ring (bicyclic) bond motifs is 1. The van der Waals surface area contributed by atoms with Crippen LogP contribution in [-0.2, 0) is 26.1 Å². The van der Waals surface area contributed by atoms with Crippen molar-refractivity contribution in [3.05, 3.63) is 58.7 Å². The van der Waals surface area contributed by atoms with E-state index in [4.69, 9.17) is 4.74 Å². The molecule has 0 aliphatic carbocycles. The molecule has 3 aromatic rings. The minimum absolute atomic E-state index is 0.263. The summed E-state index contributed by atoms with van der Waals surface area (Å²) in [5.74, 6) is -1.03. The van der Waals surface area contributed by atoms with Crippen molar-refractivity contribution in [1.82, 2.24) is 8.87 Å². The summed E-state index contributed by atoms with van der Waals surface area (Å²) in [7, 11) is -2.18. The van der Waals surface area contributed by atoms with Gasteiger partial charge in [-0.3, -0.25) is 4.79 Å². The quantitative estimate of drug-likeness (QED) is 0.378. The molecule has 0 radical (unpaired) electrons. The van der Waals surface area contributed by atoms with Crippen LogP contribution in [0.25, 0.3) is 10.2 Å². The lowest BCUT2D eigenvalue weighted by Gasteiger charge is -2.29. The molecule has 2 aromatic heterocycles. The van der Waals surface area contributed by atoms with Crippen molar-refractivity contribution in [3.8, 4) is 0 Å². The molecule has 0 atom stereocenters. The Hall–Kier alpha value is -2.60. The van der Waals surface area contributed by atoms with Gasteiger partial charge in [-0.25, -0.2) is 13.2 Å². The maximum atomic E-state index is 13.0. The van der Waals surface area contributed by atoms with E-state index in [1.165, 1.54) is 34.1 Å². The molecule has 1 aromatic carbocycles. The molecule has 1 amide bonds. The second-order valence-corrected chi connectivity index (χ2v) is 11.6. The fourth-order valence-corrected chi connectivity index (χ4v) is 7.47. The summed E-state index contributed by atoms with van der Waals surface area (Å²) >= 11 is 2.51. The van der Waals surface area contributed by atoms with Gasteiger partial charge in [0.05, 0.1) is 22.9 Å². The molecule has 1 aliphatic heterocycles. The largest absolute Gasteiger partial charge is 0.465 e. The minimum atomic E-state index is -3.51. The molecule has 1 aliphatic rings. The number of amides is 1. The molecule has 0 saturated carbocycles. The number of ether oxygens (including phenoxy) is 1. The molecule has 11 heteroatoms. The van der Waals surface area contributed by atoms with Crippen LogP contribution in [-0.4, -0.2) is 49.4 Å². The monoisotopic (exact) mass is 505 g/mol. The number of carbonyl (C=O) groups excluding carboxylic acids is 2. The number of esters is 1. The zero-order valence-corrected chi connectivity index (χ0v) is 20.4. The zero-order chi connectivity index (χ0) is 23.6. The zero-order valence-electron chi connectivity index (χ0n) is 18.0. The number of piperidine rings is 1. The van der Waals surface area contributed by atoms with Crippen LogP contribution in [0.15, 0.2) is 57.6 Å². The van der Waals surface area contributed by atoms with Gasteiger partial charge >= 0.3 is 5.97 Å². The highest BCUT2D eigenvalue weighted by Crippen LogP contribution is 2.27. The lowest BCUT2D eigenvalue weighted by Crippen LogP contribution is -2.40. The number of nitrogens with zero attached hydrogens (tertiary/aromatic N) is 3. The van der Waals surface area contributed by atoms with Gasteiger partial charge in [-0.15, -0.1) is 17.9 Å². The molecule has 0 unspecified atom stereocenters. The summed E-state index contributed by atoms with van der Waals surface area (Å²) in [4.78, 5) is 29.7. The van der Waals surface area contributed by atoms with Crippen LogP contribution in [0.2, 0.25) is 0 Å². The number of carbonyl (C=O) groups is 2. The van der Waals surface area contributed by atoms with E-state index >= 15 is 0 Å². The van der Waals surface area contributed by atoms with Crippen LogP contribution < -0.4 is 4.80 Å². The summed E-state index contributed by atoms with van der Waals surface area (Å²) in [5, 5.41) is 1.74. The lowest BCUT2D eigenvalue weighted by atomic mass is 9.98. The van der Waals surface area contributed by atoms with Crippen molar-refractivity contribution in [2.24, 2.45) is 10.9 Å². The van der Waals surface area contributed by atoms with E-state index in [1.807, 2.05) is 4.57 Å². The van der Waals surface area contributed by atoms with Crippen molar-refractivity contribution in [1.29, 1.82) is 0 Å². The molecule has 0 N–H and O–H groups in total. The Morgan fingerprint density at radius 3 is 2.67 bits per heavy atom. The number of benzene rings is 1. The van der Waals surface area contributed by atoms with E-state index in [0.29, 0.717) is 34.0 Å². The average molecular weight is 506 g/mol. The fourth-order valence-electron chi connectivity index (χ4n) is 3.78. The van der Waals surface area contributed by atoms with E-state index in [9.17, 15) is 18.0 Å². The molecule has 0 spiro atoms. The Morgan fingerprint density at radius 2 is 2.03 bits per heavy atom. The average Bonchev–Trinajstić information content (AvgIpc) is 3.48. The maximum absolute atomic E-state index is 13.0. The molecule has 0 bridgehead atoms. The number of hydrogen-bond donors (Lipinski definition) is 0. The van der Waals surface area contributed by atoms with E-state index in [0.717, 1.165) is 10.2 Å². The van der Waals surface area contributed by atoms with Gasteiger partial charge < -0.3 is 9.30 Å². The summed E-state index contributed by atoms with van der Waals surface area (Å²) in [5.41, 5.74) is 1.27. The molecule has 3 heterocycles. The summed E-state index contributed by atoms with van der Waals surface area (Å²) < 4.78 is 34.7. The Morgan fingerprint density at radius 1 is 1.27 bits per heavy atom. The first-order chi connectivity index (χ1) is 15.8. The third-order valence-electron chi connectivity index (χ3n) is 5.51. The highest BCUT2D eigenvalue weighted by Gasteiger charge is 2.32. The lowest BCUT2D eigenvalue weighted by molar-refractivity contribution is -0.122. The van der Waals surface area contributed by atoms with Crippen molar-refractivity contribution >= 4 is 54.8 Å². The van der Waals surface area contributed by atoms with Crippen molar-refractivity contribution < 1.29 is 22.7 Å². The molecule has 4 rings (SSSR count). The molecule has 1 fully saturated rings. The van der Waals surface area contributed by atoms with Crippen molar-refractivity contribution in [2.75, 3.05) is 20.2 Å². The van der Waals surface area contributed by atoms with Crippen molar-refractivity contribution in [3.63, 3.8) is 0 Å². The van der Waals surface area contributed by atoms with E-state index in [-0.39, 0.29) is 24.9 Å². The Bertz CT molecular complexity index is 1360. The van der Waals surface area contributed by atoms with Gasteiger partial charge in [-0.2, -0.15) is 9.30 Å². The molecule has 8 nitrogen and oxygen atoms in total. The number of thiazole rings is 1. The number of hydrogen-bond acceptors (Lipinski definition) is 7. The van der Waals surface area contributed by atoms with Gasteiger partial charge in [0, 0.05) is 25.6 Å². The highest BCUT2D eigenvalue weighted by atomic mass is 32.2. The Balaban J connectivity index is 1.57. The molecule has 1 saturated heterocycles. The van der Waals surface area contributed by atoms with Crippen LogP contribution in [0.4, 0.5) is 0 Å². The fraction of sp³-hybridized carbons (Fsp3) is 0.318. The SMILES string of the molecule is C=CCn1c(=NC(=O)C2CCN(S(=O)(=O)c3cccs3)CC2)sc2cc(C(=O)OC)ccc21. The minimum Gasteiger partial charge on any atom is -0.465 e. The normalized spacial score (nSPS) is 16.2. The van der Waals surface area contributed by atoms with E-state index < -0.39 is 16.0 Å². The molecular weight excluding hydrogens is 482 g/mol. The predicted molar refractivity (Wildman–Crippen MR) is 128 cm³/mol. The third kappa shape index (κ3) is 4.72. The van der Waals surface area contributed by atoms with E-state index in [1.54, 1.807) is 41.8 Å². The summed E-state index contributed by atoms with van der Waals surface area (Å²) in [6, 6.07) is 8.51. The number of sulfonamides is 1. The van der Waals surface area contributed by atoms with Crippen LogP contribution in [0, 0.1) is 5.92 Å². The van der Waals surface area contributed by atoms with Gasteiger partial charge in [-0.1, -0.05) is 23.5 Å². The number of rotatable bonds is 6. The Labute approximate surface area is 199 Å². The van der Waals surface area contributed by atoms with Crippen molar-refractivity contribution in [2.45, 2.75) is 23.6 Å². The molecule has 174 valence electrons. The number of aromatic nitrogens is 1. The predicted octanol–water partition coefficient (Wildman–Crippen LogP) is 3.27. The topological polar surface area (TPSA) is 98.0 Å². The maximum Gasteiger partial charge on any atom is 0.337 e. The second-order valence-electron chi connectivity index (χ2n) is 7.52. The second kappa shape index (κ2) is 9.72. The van der Waals surface area contributed by atoms with Gasteiger partial charge in [0.25, 0.3) is 15.9 Å². The molecule has 33 heavy (non-hydrogen) atoms. The first-order valence-electron chi connectivity index (χ1n) is 10.3. The standard InChI is InChI=1S/C22H23N3O5S3/c1-3-10-25-17-7-6-16(21(27)30-2)14-18(17)32-22(25)23-20(26)15-8-11-24(12-9-15)33(28,29)19-5-4-13-31-19/h3-7,13-15H,1,8-12H2,2H3. The molecular formula is C22H23N3O5S3. The highest BCUT2D eigenvalue weighted by molar-refractivity contribution is 7.91. The summed E-state index contributed by atoms with van der Waals surface area (Å²) in [6.07, 6.45) is 2.56. The smallest absolute Gasteiger partial charge is 0.337 e. The summed E-state index contributed by atoms with van der Waals surface area (Å²) in [6.45, 7) is 4.82. The Kier molecular flexibility index (Phi) is 6.94. The van der Waals surface area contributed by atoms with Crippen LogP contribution >= 0.6 is 22.7 Å². The van der Waals surface area contributed by atoms with Gasteiger partial charge in [0.1, 0.15) is 4.21 Å². The third-order valence-corrected chi connectivity index (χ3v) is 9.83. The van der Waals surface area contributed by atoms with E-state index in [2.05, 4.69) is 11.6 Å². The van der Waals surface area contributed by atoms with Crippen LogP contribution in [0.1, 0.15) is 23.2 Å². The number of methoxy groups -OCH3 is 1. The van der Waals surface area contributed by atoms with Crippen LogP contribution in [0.5, 0.6) is 0 Å². The van der Waals surface area contributed by atoms with Gasteiger partial charge in [-0.05, 0) is 42.5 Å². The number of thiophene rings is 1. The van der Waals surface area contributed by atoms with Gasteiger partial charge in [0.2, 0.25) is 0 Å². The van der Waals surface area contributed by atoms with Gasteiger partial charge in [0.15, 0.2) is 4.80 Å². The number of allylic oxidation sites excluding steroid dienone is 1.